The molecule has 0 N–H and O–H groups in total. The summed E-state index contributed by atoms with van der Waals surface area (Å²) in [6.45, 7) is 1.02. The SMILES string of the molecule is COC(=O)c1ccccc1C(=O)N1CCc2ncncc2C1. The fourth-order valence-electron chi connectivity index (χ4n) is 2.57. The molecule has 0 unspecified atom stereocenters. The Bertz CT molecular complexity index is 730. The van der Waals surface area contributed by atoms with E-state index in [0.29, 0.717) is 25.1 Å². The maximum absolute atomic E-state index is 12.7. The van der Waals surface area contributed by atoms with Crippen molar-refractivity contribution in [3.63, 3.8) is 0 Å². The molecule has 1 amide bonds. The van der Waals surface area contributed by atoms with Crippen LogP contribution >= 0.6 is 0 Å². The predicted molar refractivity (Wildman–Crippen MR) is 78.3 cm³/mol. The van der Waals surface area contributed by atoms with Crippen LogP contribution in [0.1, 0.15) is 32.0 Å². The molecule has 22 heavy (non-hydrogen) atoms. The lowest BCUT2D eigenvalue weighted by molar-refractivity contribution is 0.0588. The first kappa shape index (κ1) is 14.2. The van der Waals surface area contributed by atoms with Gasteiger partial charge in [0.25, 0.3) is 5.91 Å². The summed E-state index contributed by atoms with van der Waals surface area (Å²) >= 11 is 0. The van der Waals surface area contributed by atoms with Gasteiger partial charge in [-0.2, -0.15) is 0 Å². The van der Waals surface area contributed by atoms with Gasteiger partial charge in [-0.3, -0.25) is 4.79 Å². The Morgan fingerprint density at radius 3 is 2.77 bits per heavy atom. The lowest BCUT2D eigenvalue weighted by Crippen LogP contribution is -2.37. The molecule has 1 aliphatic heterocycles. The van der Waals surface area contributed by atoms with Gasteiger partial charge in [-0.05, 0) is 12.1 Å². The number of rotatable bonds is 2. The van der Waals surface area contributed by atoms with Crippen LogP contribution in [0.2, 0.25) is 0 Å². The van der Waals surface area contributed by atoms with Crippen LogP contribution in [-0.2, 0) is 17.7 Å². The Balaban J connectivity index is 1.88. The number of hydrogen-bond donors (Lipinski definition) is 0. The summed E-state index contributed by atoms with van der Waals surface area (Å²) in [5, 5.41) is 0. The van der Waals surface area contributed by atoms with Crippen LogP contribution in [0.3, 0.4) is 0 Å². The third-order valence-corrected chi connectivity index (χ3v) is 3.71. The zero-order chi connectivity index (χ0) is 15.5. The van der Waals surface area contributed by atoms with E-state index in [9.17, 15) is 9.59 Å². The molecule has 1 aromatic carbocycles. The molecule has 6 nitrogen and oxygen atoms in total. The average Bonchev–Trinajstić information content (AvgIpc) is 2.60. The monoisotopic (exact) mass is 297 g/mol. The molecule has 0 bridgehead atoms. The second-order valence-electron chi connectivity index (χ2n) is 5.01. The van der Waals surface area contributed by atoms with Gasteiger partial charge in [-0.1, -0.05) is 12.1 Å². The first-order chi connectivity index (χ1) is 10.7. The van der Waals surface area contributed by atoms with Crippen molar-refractivity contribution in [1.29, 1.82) is 0 Å². The minimum absolute atomic E-state index is 0.185. The number of fused-ring (bicyclic) bond motifs is 1. The van der Waals surface area contributed by atoms with Crippen LogP contribution in [0, 0.1) is 0 Å². The first-order valence-electron chi connectivity index (χ1n) is 6.95. The van der Waals surface area contributed by atoms with Crippen molar-refractivity contribution in [2.75, 3.05) is 13.7 Å². The molecule has 112 valence electrons. The number of nitrogens with zero attached hydrogens (tertiary/aromatic N) is 3. The van der Waals surface area contributed by atoms with Crippen molar-refractivity contribution in [2.24, 2.45) is 0 Å². The minimum atomic E-state index is -0.510. The van der Waals surface area contributed by atoms with Crippen molar-refractivity contribution in [3.05, 3.63) is 59.2 Å². The largest absolute Gasteiger partial charge is 0.465 e. The normalized spacial score (nSPS) is 13.4. The zero-order valence-corrected chi connectivity index (χ0v) is 12.2. The molecule has 3 rings (SSSR count). The molecule has 2 heterocycles. The lowest BCUT2D eigenvalue weighted by Gasteiger charge is -2.28. The fraction of sp³-hybridized carbons (Fsp3) is 0.250. The van der Waals surface area contributed by atoms with Gasteiger partial charge < -0.3 is 9.64 Å². The zero-order valence-electron chi connectivity index (χ0n) is 12.2. The molecular weight excluding hydrogens is 282 g/mol. The van der Waals surface area contributed by atoms with Crippen molar-refractivity contribution in [3.8, 4) is 0 Å². The first-order valence-corrected chi connectivity index (χ1v) is 6.95. The number of aromatic nitrogens is 2. The summed E-state index contributed by atoms with van der Waals surface area (Å²) in [4.78, 5) is 34.5. The summed E-state index contributed by atoms with van der Waals surface area (Å²) in [6.07, 6.45) is 3.93. The van der Waals surface area contributed by atoms with Crippen LogP contribution in [-0.4, -0.2) is 40.4 Å². The third kappa shape index (κ3) is 2.55. The molecule has 2 aromatic rings. The molecule has 6 heteroatoms. The second kappa shape index (κ2) is 5.93. The number of benzene rings is 1. The smallest absolute Gasteiger partial charge is 0.338 e. The van der Waals surface area contributed by atoms with E-state index >= 15 is 0 Å². The molecule has 0 radical (unpaired) electrons. The van der Waals surface area contributed by atoms with E-state index in [1.165, 1.54) is 13.4 Å². The van der Waals surface area contributed by atoms with Gasteiger partial charge in [-0.25, -0.2) is 14.8 Å². The summed E-state index contributed by atoms with van der Waals surface area (Å²) in [7, 11) is 1.30. The van der Waals surface area contributed by atoms with E-state index < -0.39 is 5.97 Å². The highest BCUT2D eigenvalue weighted by atomic mass is 16.5. The minimum Gasteiger partial charge on any atom is -0.465 e. The second-order valence-corrected chi connectivity index (χ2v) is 5.01. The predicted octanol–water partition coefficient (Wildman–Crippen LogP) is 1.46. The third-order valence-electron chi connectivity index (χ3n) is 3.71. The Morgan fingerprint density at radius 1 is 1.23 bits per heavy atom. The van der Waals surface area contributed by atoms with Gasteiger partial charge in [0.05, 0.1) is 23.9 Å². The van der Waals surface area contributed by atoms with Gasteiger partial charge >= 0.3 is 5.97 Å². The van der Waals surface area contributed by atoms with Crippen LogP contribution < -0.4 is 0 Å². The standard InChI is InChI=1S/C16H15N3O3/c1-22-16(21)13-5-3-2-4-12(13)15(20)19-7-6-14-11(9-19)8-17-10-18-14/h2-5,8,10H,6-7,9H2,1H3. The Morgan fingerprint density at radius 2 is 2.00 bits per heavy atom. The van der Waals surface area contributed by atoms with E-state index in [2.05, 4.69) is 9.97 Å². The molecular formula is C16H15N3O3. The Labute approximate surface area is 127 Å². The molecule has 1 aromatic heterocycles. The number of amides is 1. The summed E-state index contributed by atoms with van der Waals surface area (Å²) in [5.41, 5.74) is 2.55. The molecule has 0 aliphatic carbocycles. The highest BCUT2D eigenvalue weighted by Gasteiger charge is 2.25. The van der Waals surface area contributed by atoms with Crippen molar-refractivity contribution in [2.45, 2.75) is 13.0 Å². The number of carbonyl (C=O) groups excluding carboxylic acids is 2. The summed E-state index contributed by atoms with van der Waals surface area (Å²) in [5.74, 6) is -0.694. The van der Waals surface area contributed by atoms with Gasteiger partial charge in [0.15, 0.2) is 0 Å². The number of esters is 1. The fourth-order valence-corrected chi connectivity index (χ4v) is 2.57. The van der Waals surface area contributed by atoms with Crippen molar-refractivity contribution < 1.29 is 14.3 Å². The van der Waals surface area contributed by atoms with Crippen molar-refractivity contribution >= 4 is 11.9 Å². The molecule has 0 saturated heterocycles. The maximum Gasteiger partial charge on any atom is 0.338 e. The van der Waals surface area contributed by atoms with E-state index in [1.54, 1.807) is 35.4 Å². The highest BCUT2D eigenvalue weighted by Crippen LogP contribution is 2.20. The molecule has 1 aliphatic rings. The van der Waals surface area contributed by atoms with E-state index in [4.69, 9.17) is 4.74 Å². The molecule has 0 spiro atoms. The van der Waals surface area contributed by atoms with E-state index in [0.717, 1.165) is 11.3 Å². The van der Waals surface area contributed by atoms with E-state index in [-0.39, 0.29) is 11.5 Å². The van der Waals surface area contributed by atoms with Gasteiger partial charge in [0.2, 0.25) is 0 Å². The highest BCUT2D eigenvalue weighted by molar-refractivity contribution is 6.05. The molecule has 0 atom stereocenters. The number of ether oxygens (including phenoxy) is 1. The number of hydrogen-bond acceptors (Lipinski definition) is 5. The number of methoxy groups -OCH3 is 1. The van der Waals surface area contributed by atoms with Crippen molar-refractivity contribution in [1.82, 2.24) is 14.9 Å². The Kier molecular flexibility index (Phi) is 3.82. The van der Waals surface area contributed by atoms with Gasteiger partial charge in [0.1, 0.15) is 6.33 Å². The quantitative estimate of drug-likeness (QED) is 0.785. The Hall–Kier alpha value is -2.76. The van der Waals surface area contributed by atoms with Gasteiger partial charge in [0, 0.05) is 31.3 Å². The average molecular weight is 297 g/mol. The van der Waals surface area contributed by atoms with Crippen LogP contribution in [0.5, 0.6) is 0 Å². The van der Waals surface area contributed by atoms with E-state index in [1.807, 2.05) is 0 Å². The summed E-state index contributed by atoms with van der Waals surface area (Å²) < 4.78 is 4.74. The summed E-state index contributed by atoms with van der Waals surface area (Å²) in [6, 6.07) is 6.69. The van der Waals surface area contributed by atoms with Crippen LogP contribution in [0.25, 0.3) is 0 Å². The lowest BCUT2D eigenvalue weighted by atomic mass is 10.0. The molecule has 0 saturated carbocycles. The molecule has 0 fully saturated rings. The van der Waals surface area contributed by atoms with Crippen LogP contribution in [0.4, 0.5) is 0 Å². The topological polar surface area (TPSA) is 72.4 Å². The van der Waals surface area contributed by atoms with Crippen LogP contribution in [0.15, 0.2) is 36.8 Å². The van der Waals surface area contributed by atoms with Gasteiger partial charge in [-0.15, -0.1) is 0 Å². The maximum atomic E-state index is 12.7. The number of carbonyl (C=O) groups is 2.